The van der Waals surface area contributed by atoms with Crippen LogP contribution in [-0.4, -0.2) is 14.8 Å². The molecule has 0 saturated carbocycles. The van der Waals surface area contributed by atoms with Gasteiger partial charge in [-0.25, -0.2) is 0 Å². The van der Waals surface area contributed by atoms with Gasteiger partial charge in [-0.15, -0.1) is 10.2 Å². The number of ether oxygens (including phenoxy) is 1. The number of halogens is 1. The molecular weight excluding hydrogens is 378 g/mol. The first kappa shape index (κ1) is 19.8. The molecule has 1 aromatic heterocycles. The lowest BCUT2D eigenvalue weighted by molar-refractivity contribution is 0.210. The molecule has 0 aliphatic heterocycles. The summed E-state index contributed by atoms with van der Waals surface area (Å²) in [6.45, 7) is 7.05. The highest BCUT2D eigenvalue weighted by Gasteiger charge is 2.18. The van der Waals surface area contributed by atoms with E-state index in [1.165, 1.54) is 11.1 Å². The van der Waals surface area contributed by atoms with Gasteiger partial charge >= 0.3 is 0 Å². The van der Waals surface area contributed by atoms with Crippen molar-refractivity contribution in [2.24, 2.45) is 0 Å². The molecule has 0 N–H and O–H groups in total. The van der Waals surface area contributed by atoms with Crippen molar-refractivity contribution in [2.75, 3.05) is 0 Å². The highest BCUT2D eigenvalue weighted by atomic mass is 35.5. The second-order valence-corrected chi connectivity index (χ2v) is 7.64. The van der Waals surface area contributed by atoms with Crippen molar-refractivity contribution in [3.63, 3.8) is 0 Å². The van der Waals surface area contributed by atoms with Crippen LogP contribution in [0.15, 0.2) is 53.7 Å². The quantitative estimate of drug-likeness (QED) is 0.437. The molecule has 3 aromatic rings. The highest BCUT2D eigenvalue weighted by Crippen LogP contribution is 2.27. The minimum Gasteiger partial charge on any atom is -0.483 e. The van der Waals surface area contributed by atoms with E-state index in [9.17, 15) is 0 Å². The van der Waals surface area contributed by atoms with E-state index in [0.29, 0.717) is 0 Å². The topological polar surface area (TPSA) is 39.9 Å². The average molecular weight is 402 g/mol. The van der Waals surface area contributed by atoms with Gasteiger partial charge in [0.1, 0.15) is 5.75 Å². The summed E-state index contributed by atoms with van der Waals surface area (Å²) < 4.78 is 8.20. The minimum absolute atomic E-state index is 0.171. The molecular formula is C21H24ClN3OS. The first-order valence-electron chi connectivity index (χ1n) is 9.16. The fraction of sp³-hybridized carbons (Fsp3) is 0.333. The van der Waals surface area contributed by atoms with Crippen LogP contribution in [0.2, 0.25) is 5.02 Å². The van der Waals surface area contributed by atoms with Gasteiger partial charge in [0, 0.05) is 17.3 Å². The monoisotopic (exact) mass is 401 g/mol. The summed E-state index contributed by atoms with van der Waals surface area (Å²) >= 11 is 7.62. The van der Waals surface area contributed by atoms with Gasteiger partial charge in [0.05, 0.1) is 0 Å². The number of thioether (sulfide) groups is 1. The Morgan fingerprint density at radius 1 is 1.00 bits per heavy atom. The predicted octanol–water partition coefficient (Wildman–Crippen LogP) is 5.95. The third-order valence-electron chi connectivity index (χ3n) is 4.35. The van der Waals surface area contributed by atoms with E-state index in [4.69, 9.17) is 16.3 Å². The van der Waals surface area contributed by atoms with Gasteiger partial charge in [0.15, 0.2) is 17.1 Å². The molecule has 0 spiro atoms. The first-order chi connectivity index (χ1) is 13.1. The summed E-state index contributed by atoms with van der Waals surface area (Å²) in [6.07, 6.45) is 0.851. The van der Waals surface area contributed by atoms with Crippen LogP contribution < -0.4 is 4.74 Å². The van der Waals surface area contributed by atoms with E-state index in [1.807, 2.05) is 43.3 Å². The SMILES string of the molecule is CCc1ccc(OC(C)c2nnc(SCc3ccc(Cl)cc3)n2CC)cc1. The molecule has 0 fully saturated rings. The maximum absolute atomic E-state index is 6.08. The van der Waals surface area contributed by atoms with Crippen molar-refractivity contribution < 1.29 is 4.74 Å². The summed E-state index contributed by atoms with van der Waals surface area (Å²) in [4.78, 5) is 0. The second-order valence-electron chi connectivity index (χ2n) is 6.26. The third kappa shape index (κ3) is 5.05. The van der Waals surface area contributed by atoms with E-state index in [-0.39, 0.29) is 6.10 Å². The molecule has 142 valence electrons. The molecule has 2 aromatic carbocycles. The van der Waals surface area contributed by atoms with Gasteiger partial charge in [-0.1, -0.05) is 54.6 Å². The van der Waals surface area contributed by atoms with Crippen molar-refractivity contribution in [1.29, 1.82) is 0 Å². The van der Waals surface area contributed by atoms with E-state index in [2.05, 4.69) is 40.7 Å². The van der Waals surface area contributed by atoms with Crippen LogP contribution in [0.1, 0.15) is 43.8 Å². The standard InChI is InChI=1S/C21H24ClN3OS/c1-4-16-8-12-19(13-9-16)26-15(3)20-23-24-21(25(20)5-2)27-14-17-6-10-18(22)11-7-17/h6-13,15H,4-5,14H2,1-3H3. The van der Waals surface area contributed by atoms with E-state index < -0.39 is 0 Å². The molecule has 4 nitrogen and oxygen atoms in total. The zero-order chi connectivity index (χ0) is 19.2. The van der Waals surface area contributed by atoms with E-state index in [1.54, 1.807) is 11.8 Å². The van der Waals surface area contributed by atoms with Crippen molar-refractivity contribution >= 4 is 23.4 Å². The van der Waals surface area contributed by atoms with Crippen molar-refractivity contribution in [1.82, 2.24) is 14.8 Å². The lowest BCUT2D eigenvalue weighted by Gasteiger charge is -2.16. The van der Waals surface area contributed by atoms with Gasteiger partial charge in [-0.05, 0) is 55.7 Å². The molecule has 1 heterocycles. The number of nitrogens with zero attached hydrogens (tertiary/aromatic N) is 3. The Bertz CT molecular complexity index is 862. The molecule has 0 amide bonds. The number of benzene rings is 2. The van der Waals surface area contributed by atoms with Crippen LogP contribution in [-0.2, 0) is 18.7 Å². The smallest absolute Gasteiger partial charge is 0.191 e. The van der Waals surface area contributed by atoms with Gasteiger partial charge in [-0.3, -0.25) is 0 Å². The van der Waals surface area contributed by atoms with Crippen LogP contribution in [0.3, 0.4) is 0 Å². The number of hydrogen-bond donors (Lipinski definition) is 0. The molecule has 0 bridgehead atoms. The molecule has 0 radical (unpaired) electrons. The predicted molar refractivity (Wildman–Crippen MR) is 112 cm³/mol. The van der Waals surface area contributed by atoms with Gasteiger partial charge in [0.25, 0.3) is 0 Å². The van der Waals surface area contributed by atoms with E-state index in [0.717, 1.165) is 40.5 Å². The summed E-state index contributed by atoms with van der Waals surface area (Å²) in [7, 11) is 0. The molecule has 1 atom stereocenters. The van der Waals surface area contributed by atoms with Crippen LogP contribution in [0.5, 0.6) is 5.75 Å². The summed E-state index contributed by atoms with van der Waals surface area (Å²) in [5.41, 5.74) is 2.50. The van der Waals surface area contributed by atoms with Crippen LogP contribution in [0, 0.1) is 0 Å². The van der Waals surface area contributed by atoms with Gasteiger partial charge in [-0.2, -0.15) is 0 Å². The maximum atomic E-state index is 6.08. The Hall–Kier alpha value is -1.98. The van der Waals surface area contributed by atoms with Crippen LogP contribution >= 0.6 is 23.4 Å². The van der Waals surface area contributed by atoms with Crippen molar-refractivity contribution in [3.05, 3.63) is 70.5 Å². The van der Waals surface area contributed by atoms with E-state index >= 15 is 0 Å². The first-order valence-corrected chi connectivity index (χ1v) is 10.5. The number of hydrogen-bond acceptors (Lipinski definition) is 4. The fourth-order valence-corrected chi connectivity index (χ4v) is 3.89. The molecule has 6 heteroatoms. The Labute approximate surface area is 169 Å². The normalized spacial score (nSPS) is 12.1. The molecule has 0 saturated heterocycles. The van der Waals surface area contributed by atoms with Crippen LogP contribution in [0.25, 0.3) is 0 Å². The minimum atomic E-state index is -0.171. The number of aryl methyl sites for hydroxylation is 1. The molecule has 0 aliphatic rings. The fourth-order valence-electron chi connectivity index (χ4n) is 2.79. The van der Waals surface area contributed by atoms with Crippen molar-refractivity contribution in [3.8, 4) is 5.75 Å². The molecule has 3 rings (SSSR count). The van der Waals surface area contributed by atoms with Gasteiger partial charge < -0.3 is 9.30 Å². The lowest BCUT2D eigenvalue weighted by atomic mass is 10.2. The third-order valence-corrected chi connectivity index (χ3v) is 5.64. The average Bonchev–Trinajstić information content (AvgIpc) is 3.11. The van der Waals surface area contributed by atoms with Crippen molar-refractivity contribution in [2.45, 2.75) is 50.8 Å². The summed E-state index contributed by atoms with van der Waals surface area (Å²) in [5, 5.41) is 10.4. The Kier molecular flexibility index (Phi) is 6.80. The molecule has 27 heavy (non-hydrogen) atoms. The Morgan fingerprint density at radius 3 is 2.30 bits per heavy atom. The maximum Gasteiger partial charge on any atom is 0.191 e. The highest BCUT2D eigenvalue weighted by molar-refractivity contribution is 7.98. The van der Waals surface area contributed by atoms with Crippen LogP contribution in [0.4, 0.5) is 0 Å². The molecule has 1 unspecified atom stereocenters. The zero-order valence-electron chi connectivity index (χ0n) is 15.9. The summed E-state index contributed by atoms with van der Waals surface area (Å²) in [6, 6.07) is 16.1. The number of aromatic nitrogens is 3. The summed E-state index contributed by atoms with van der Waals surface area (Å²) in [5.74, 6) is 2.51. The zero-order valence-corrected chi connectivity index (χ0v) is 17.4. The Balaban J connectivity index is 1.69. The largest absolute Gasteiger partial charge is 0.483 e. The number of rotatable bonds is 8. The second kappa shape index (κ2) is 9.29. The Morgan fingerprint density at radius 2 is 1.67 bits per heavy atom. The van der Waals surface area contributed by atoms with Gasteiger partial charge in [0.2, 0.25) is 0 Å². The lowest BCUT2D eigenvalue weighted by Crippen LogP contribution is -2.12. The molecule has 0 aliphatic carbocycles.